The molecule has 90 valence electrons. The molecule has 3 heteroatoms. The van der Waals surface area contributed by atoms with Gasteiger partial charge in [-0.05, 0) is 24.0 Å². The minimum atomic E-state index is -0.815. The van der Waals surface area contributed by atoms with Crippen molar-refractivity contribution in [3.63, 3.8) is 0 Å². The first-order valence-corrected chi connectivity index (χ1v) is 5.69. The molecule has 0 fully saturated rings. The van der Waals surface area contributed by atoms with E-state index >= 15 is 0 Å². The van der Waals surface area contributed by atoms with Crippen LogP contribution in [0.3, 0.4) is 0 Å². The third-order valence-corrected chi connectivity index (χ3v) is 2.70. The van der Waals surface area contributed by atoms with Gasteiger partial charge in [0.15, 0.2) is 0 Å². The maximum absolute atomic E-state index is 9.23. The predicted molar refractivity (Wildman–Crippen MR) is 63.7 cm³/mol. The van der Waals surface area contributed by atoms with Crippen molar-refractivity contribution in [3.8, 4) is 5.75 Å². The van der Waals surface area contributed by atoms with E-state index in [1.165, 1.54) is 0 Å². The fraction of sp³-hybridized carbons (Fsp3) is 0.538. The molecule has 0 amide bonds. The topological polar surface area (TPSA) is 49.7 Å². The Balaban J connectivity index is 2.71. The molecule has 1 rings (SSSR count). The van der Waals surface area contributed by atoms with Crippen molar-refractivity contribution in [1.29, 1.82) is 0 Å². The zero-order valence-electron chi connectivity index (χ0n) is 9.89. The lowest BCUT2D eigenvalue weighted by Crippen LogP contribution is -2.21. The molecule has 0 aromatic heterocycles. The van der Waals surface area contributed by atoms with Crippen LogP contribution < -0.4 is 4.74 Å². The van der Waals surface area contributed by atoms with Gasteiger partial charge in [-0.2, -0.15) is 0 Å². The first-order chi connectivity index (χ1) is 7.69. The van der Waals surface area contributed by atoms with Crippen molar-refractivity contribution in [2.75, 3.05) is 13.2 Å². The van der Waals surface area contributed by atoms with Gasteiger partial charge in [-0.15, -0.1) is 0 Å². The summed E-state index contributed by atoms with van der Waals surface area (Å²) in [5, 5.41) is 17.9. The molecule has 0 aliphatic carbocycles. The van der Waals surface area contributed by atoms with Gasteiger partial charge in [0.1, 0.15) is 18.5 Å². The maximum atomic E-state index is 9.23. The molecule has 0 aliphatic heterocycles. The van der Waals surface area contributed by atoms with Gasteiger partial charge >= 0.3 is 0 Å². The van der Waals surface area contributed by atoms with Crippen LogP contribution in [0.15, 0.2) is 24.3 Å². The lowest BCUT2D eigenvalue weighted by atomic mass is 9.98. The molecule has 1 aromatic carbocycles. The average Bonchev–Trinajstić information content (AvgIpc) is 2.35. The third-order valence-electron chi connectivity index (χ3n) is 2.70. The van der Waals surface area contributed by atoms with E-state index in [2.05, 4.69) is 13.8 Å². The highest BCUT2D eigenvalue weighted by molar-refractivity contribution is 5.35. The Morgan fingerprint density at radius 2 is 2.00 bits per heavy atom. The van der Waals surface area contributed by atoms with Crippen molar-refractivity contribution < 1.29 is 14.9 Å². The van der Waals surface area contributed by atoms with Crippen LogP contribution in [0.5, 0.6) is 5.75 Å². The van der Waals surface area contributed by atoms with Crippen LogP contribution in [0.2, 0.25) is 0 Å². The number of benzene rings is 1. The van der Waals surface area contributed by atoms with Gasteiger partial charge in [0, 0.05) is 0 Å². The van der Waals surface area contributed by atoms with E-state index in [0.29, 0.717) is 5.92 Å². The summed E-state index contributed by atoms with van der Waals surface area (Å²) in [5.74, 6) is 1.23. The Hall–Kier alpha value is -1.06. The average molecular weight is 224 g/mol. The zero-order valence-corrected chi connectivity index (χ0v) is 9.89. The number of rotatable bonds is 6. The van der Waals surface area contributed by atoms with Crippen LogP contribution in [-0.4, -0.2) is 29.5 Å². The maximum Gasteiger partial charge on any atom is 0.122 e. The van der Waals surface area contributed by atoms with Gasteiger partial charge in [0.2, 0.25) is 0 Å². The summed E-state index contributed by atoms with van der Waals surface area (Å²) < 4.78 is 5.50. The molecular formula is C13H20O3. The molecule has 16 heavy (non-hydrogen) atoms. The summed E-state index contributed by atoms with van der Waals surface area (Å²) in [6.07, 6.45) is 0.230. The van der Waals surface area contributed by atoms with Crippen molar-refractivity contribution in [1.82, 2.24) is 0 Å². The van der Waals surface area contributed by atoms with Crippen LogP contribution in [0, 0.1) is 0 Å². The number of ether oxygens (including phenoxy) is 1. The van der Waals surface area contributed by atoms with Crippen LogP contribution in [0.4, 0.5) is 0 Å². The number of aliphatic hydroxyl groups is 2. The predicted octanol–water partition coefficient (Wildman–Crippen LogP) is 1.93. The Labute approximate surface area is 96.7 Å². The molecule has 0 spiro atoms. The number of para-hydroxylation sites is 1. The molecular weight excluding hydrogens is 204 g/mol. The van der Waals surface area contributed by atoms with Gasteiger partial charge in [-0.1, -0.05) is 32.0 Å². The van der Waals surface area contributed by atoms with Crippen molar-refractivity contribution in [2.24, 2.45) is 0 Å². The summed E-state index contributed by atoms with van der Waals surface area (Å²) in [5.41, 5.74) is 1.15. The summed E-state index contributed by atoms with van der Waals surface area (Å²) in [6.45, 7) is 4.13. The van der Waals surface area contributed by atoms with Crippen molar-refractivity contribution in [3.05, 3.63) is 29.8 Å². The van der Waals surface area contributed by atoms with E-state index in [-0.39, 0.29) is 13.2 Å². The van der Waals surface area contributed by atoms with E-state index in [1.54, 1.807) is 0 Å². The van der Waals surface area contributed by atoms with E-state index < -0.39 is 6.10 Å². The summed E-state index contributed by atoms with van der Waals surface area (Å²) in [7, 11) is 0. The van der Waals surface area contributed by atoms with Crippen LogP contribution in [0.1, 0.15) is 31.7 Å². The summed E-state index contributed by atoms with van der Waals surface area (Å²) in [4.78, 5) is 0. The molecule has 2 unspecified atom stereocenters. The molecule has 0 radical (unpaired) electrons. The molecule has 0 saturated carbocycles. The second-order valence-corrected chi connectivity index (χ2v) is 3.99. The molecule has 0 heterocycles. The SMILES string of the molecule is CCC(C)c1ccccc1OCC(O)CO. The molecule has 0 bridgehead atoms. The zero-order chi connectivity index (χ0) is 12.0. The van der Waals surface area contributed by atoms with Gasteiger partial charge in [0.25, 0.3) is 0 Å². The smallest absolute Gasteiger partial charge is 0.122 e. The quantitative estimate of drug-likeness (QED) is 0.776. The highest BCUT2D eigenvalue weighted by Gasteiger charge is 2.10. The number of hydrogen-bond donors (Lipinski definition) is 2. The van der Waals surface area contributed by atoms with Gasteiger partial charge in [0.05, 0.1) is 6.61 Å². The fourth-order valence-corrected chi connectivity index (χ4v) is 1.48. The Bertz CT molecular complexity index is 312. The van der Waals surface area contributed by atoms with Gasteiger partial charge in [-0.25, -0.2) is 0 Å². The second-order valence-electron chi connectivity index (χ2n) is 3.99. The molecule has 2 N–H and O–H groups in total. The van der Waals surface area contributed by atoms with Crippen molar-refractivity contribution in [2.45, 2.75) is 32.3 Å². The largest absolute Gasteiger partial charge is 0.491 e. The van der Waals surface area contributed by atoms with E-state index in [1.807, 2.05) is 24.3 Å². The summed E-state index contributed by atoms with van der Waals surface area (Å²) >= 11 is 0. The monoisotopic (exact) mass is 224 g/mol. The lowest BCUT2D eigenvalue weighted by molar-refractivity contribution is 0.0532. The van der Waals surface area contributed by atoms with Crippen LogP contribution >= 0.6 is 0 Å². The number of hydrogen-bond acceptors (Lipinski definition) is 3. The van der Waals surface area contributed by atoms with Gasteiger partial charge in [-0.3, -0.25) is 0 Å². The van der Waals surface area contributed by atoms with Crippen molar-refractivity contribution >= 4 is 0 Å². The lowest BCUT2D eigenvalue weighted by Gasteiger charge is -2.16. The highest BCUT2D eigenvalue weighted by atomic mass is 16.5. The normalized spacial score (nSPS) is 14.5. The Kier molecular flexibility index (Phi) is 5.29. The Morgan fingerprint density at radius 3 is 2.62 bits per heavy atom. The third kappa shape index (κ3) is 3.51. The second kappa shape index (κ2) is 6.51. The van der Waals surface area contributed by atoms with Crippen LogP contribution in [-0.2, 0) is 0 Å². The molecule has 0 aliphatic rings. The Morgan fingerprint density at radius 1 is 1.31 bits per heavy atom. The standard InChI is InChI=1S/C13H20O3/c1-3-10(2)12-6-4-5-7-13(12)16-9-11(15)8-14/h4-7,10-11,14-15H,3,8-9H2,1-2H3. The highest BCUT2D eigenvalue weighted by Crippen LogP contribution is 2.28. The first-order valence-electron chi connectivity index (χ1n) is 5.69. The van der Waals surface area contributed by atoms with E-state index in [9.17, 15) is 5.11 Å². The minimum Gasteiger partial charge on any atom is -0.491 e. The minimum absolute atomic E-state index is 0.129. The number of aliphatic hydroxyl groups excluding tert-OH is 2. The fourth-order valence-electron chi connectivity index (χ4n) is 1.48. The van der Waals surface area contributed by atoms with E-state index in [0.717, 1.165) is 17.7 Å². The molecule has 1 aromatic rings. The molecule has 3 nitrogen and oxygen atoms in total. The van der Waals surface area contributed by atoms with Gasteiger partial charge < -0.3 is 14.9 Å². The van der Waals surface area contributed by atoms with Crippen LogP contribution in [0.25, 0.3) is 0 Å². The molecule has 2 atom stereocenters. The molecule has 0 saturated heterocycles. The first kappa shape index (κ1) is 13.0. The summed E-state index contributed by atoms with van der Waals surface area (Å²) in [6, 6.07) is 7.82. The van der Waals surface area contributed by atoms with E-state index in [4.69, 9.17) is 9.84 Å².